The minimum atomic E-state index is 0.644. The maximum Gasteiger partial charge on any atom is 0.198 e. The zero-order valence-corrected chi connectivity index (χ0v) is 13.0. The van der Waals surface area contributed by atoms with Crippen molar-refractivity contribution in [1.29, 1.82) is 0 Å². The van der Waals surface area contributed by atoms with Crippen LogP contribution < -0.4 is 10.6 Å². The summed E-state index contributed by atoms with van der Waals surface area (Å²) in [4.78, 5) is 8.95. The molecule has 0 atom stereocenters. The highest BCUT2D eigenvalue weighted by molar-refractivity contribution is 9.10. The van der Waals surface area contributed by atoms with Crippen LogP contribution in [-0.4, -0.2) is 16.5 Å². The first-order valence-electron chi connectivity index (χ1n) is 6.88. The Labute approximate surface area is 127 Å². The van der Waals surface area contributed by atoms with Crippen molar-refractivity contribution in [3.63, 3.8) is 0 Å². The molecule has 1 aromatic carbocycles. The van der Waals surface area contributed by atoms with Crippen molar-refractivity contribution in [3.8, 4) is 0 Å². The topological polar surface area (TPSA) is 49.8 Å². The molecule has 5 heteroatoms. The van der Waals surface area contributed by atoms with Crippen molar-refractivity contribution < 1.29 is 0 Å². The van der Waals surface area contributed by atoms with Gasteiger partial charge in [-0.25, -0.2) is 9.97 Å². The van der Waals surface area contributed by atoms with Gasteiger partial charge in [0.15, 0.2) is 4.73 Å². The normalized spacial score (nSPS) is 13.9. The molecule has 0 saturated carbocycles. The number of hydrogen-bond donors (Lipinski definition) is 2. The molecule has 0 spiro atoms. The van der Waals surface area contributed by atoms with Gasteiger partial charge in [-0.05, 0) is 40.0 Å². The quantitative estimate of drug-likeness (QED) is 0.847. The fourth-order valence-corrected chi connectivity index (χ4v) is 2.77. The molecule has 0 unspecified atom stereocenters. The maximum atomic E-state index is 4.48. The second-order valence-corrected chi connectivity index (χ2v) is 5.58. The molecule has 1 aliphatic rings. The Hall–Kier alpha value is -1.46. The Morgan fingerprint density at radius 2 is 2.05 bits per heavy atom. The lowest BCUT2D eigenvalue weighted by Gasteiger charge is -2.19. The number of halogens is 1. The van der Waals surface area contributed by atoms with Gasteiger partial charge in [-0.3, -0.25) is 0 Å². The third kappa shape index (κ3) is 2.83. The highest BCUT2D eigenvalue weighted by atomic mass is 79.9. The van der Waals surface area contributed by atoms with Gasteiger partial charge >= 0.3 is 0 Å². The lowest BCUT2D eigenvalue weighted by molar-refractivity contribution is 0.626. The zero-order valence-electron chi connectivity index (χ0n) is 11.4. The molecule has 2 aromatic rings. The number of hydrogen-bond acceptors (Lipinski definition) is 4. The van der Waals surface area contributed by atoms with Crippen molar-refractivity contribution in [2.75, 3.05) is 11.9 Å². The largest absolute Gasteiger partial charge is 0.340 e. The van der Waals surface area contributed by atoms with E-state index in [0.29, 0.717) is 4.73 Å². The van der Waals surface area contributed by atoms with Gasteiger partial charge in [0, 0.05) is 30.8 Å². The van der Waals surface area contributed by atoms with E-state index in [1.165, 1.54) is 11.1 Å². The number of rotatable bonds is 3. The van der Waals surface area contributed by atoms with Crippen LogP contribution in [0.5, 0.6) is 0 Å². The number of nitrogens with one attached hydrogen (secondary N) is 2. The van der Waals surface area contributed by atoms with Gasteiger partial charge in [0.05, 0.1) is 5.69 Å². The van der Waals surface area contributed by atoms with Crippen LogP contribution in [0, 0.1) is 0 Å². The van der Waals surface area contributed by atoms with Crippen molar-refractivity contribution in [2.24, 2.45) is 0 Å². The van der Waals surface area contributed by atoms with Gasteiger partial charge in [0.1, 0.15) is 5.82 Å². The number of fused-ring (bicyclic) bond motifs is 1. The van der Waals surface area contributed by atoms with Crippen LogP contribution in [0.2, 0.25) is 0 Å². The molecule has 0 aliphatic carbocycles. The Bertz CT molecular complexity index is 610. The highest BCUT2D eigenvalue weighted by Gasteiger charge is 2.16. The van der Waals surface area contributed by atoms with E-state index in [1.54, 1.807) is 0 Å². The highest BCUT2D eigenvalue weighted by Crippen LogP contribution is 2.25. The fourth-order valence-electron chi connectivity index (χ4n) is 2.38. The first-order chi connectivity index (χ1) is 9.76. The molecule has 4 nitrogen and oxygen atoms in total. The minimum absolute atomic E-state index is 0.644. The first kappa shape index (κ1) is 13.5. The van der Waals surface area contributed by atoms with Crippen molar-refractivity contribution in [3.05, 3.63) is 45.8 Å². The van der Waals surface area contributed by atoms with Crippen molar-refractivity contribution in [1.82, 2.24) is 15.3 Å². The zero-order chi connectivity index (χ0) is 13.9. The van der Waals surface area contributed by atoms with Crippen LogP contribution in [0.15, 0.2) is 29.0 Å². The molecule has 0 radical (unpaired) electrons. The maximum absolute atomic E-state index is 4.48. The Morgan fingerprint density at radius 1 is 1.25 bits per heavy atom. The second-order valence-electron chi connectivity index (χ2n) is 4.87. The number of anilines is 2. The van der Waals surface area contributed by atoms with Crippen molar-refractivity contribution >= 4 is 27.4 Å². The van der Waals surface area contributed by atoms with E-state index in [9.17, 15) is 0 Å². The lowest BCUT2D eigenvalue weighted by atomic mass is 10.1. The molecule has 0 saturated heterocycles. The summed E-state index contributed by atoms with van der Waals surface area (Å²) in [6.45, 7) is 3.95. The van der Waals surface area contributed by atoms with Crippen LogP contribution in [0.4, 0.5) is 11.5 Å². The summed E-state index contributed by atoms with van der Waals surface area (Å²) in [6.07, 6.45) is 2.00. The van der Waals surface area contributed by atoms with Crippen LogP contribution in [0.3, 0.4) is 0 Å². The summed E-state index contributed by atoms with van der Waals surface area (Å²) in [5.41, 5.74) is 4.68. The molecular formula is C15H17BrN4. The molecule has 20 heavy (non-hydrogen) atoms. The van der Waals surface area contributed by atoms with Crippen molar-refractivity contribution in [2.45, 2.75) is 26.3 Å². The SMILES string of the molecule is CCc1ccc(Nc2nc(Br)nc3c2CNCC3)cc1. The third-order valence-electron chi connectivity index (χ3n) is 3.53. The van der Waals surface area contributed by atoms with Gasteiger partial charge in [-0.15, -0.1) is 0 Å². The molecule has 2 heterocycles. The Kier molecular flexibility index (Phi) is 3.98. The summed E-state index contributed by atoms with van der Waals surface area (Å²) < 4.78 is 0.644. The molecular weight excluding hydrogens is 316 g/mol. The molecule has 2 N–H and O–H groups in total. The van der Waals surface area contributed by atoms with Crippen LogP contribution >= 0.6 is 15.9 Å². The summed E-state index contributed by atoms with van der Waals surface area (Å²) in [7, 11) is 0. The van der Waals surface area contributed by atoms with E-state index in [2.05, 4.69) is 67.7 Å². The average molecular weight is 333 g/mol. The number of nitrogens with zero attached hydrogens (tertiary/aromatic N) is 2. The molecule has 3 rings (SSSR count). The van der Waals surface area contributed by atoms with E-state index in [-0.39, 0.29) is 0 Å². The third-order valence-corrected chi connectivity index (χ3v) is 3.89. The van der Waals surface area contributed by atoms with Gasteiger partial charge < -0.3 is 10.6 Å². The molecule has 0 bridgehead atoms. The van der Waals surface area contributed by atoms with Gasteiger partial charge in [-0.1, -0.05) is 19.1 Å². The average Bonchev–Trinajstić information content (AvgIpc) is 2.48. The minimum Gasteiger partial charge on any atom is -0.340 e. The fraction of sp³-hybridized carbons (Fsp3) is 0.333. The summed E-state index contributed by atoms with van der Waals surface area (Å²) >= 11 is 3.39. The number of aryl methyl sites for hydroxylation is 1. The monoisotopic (exact) mass is 332 g/mol. The standard InChI is InChI=1S/C15H17BrN4/c1-2-10-3-5-11(6-4-10)18-14-12-9-17-8-7-13(12)19-15(16)20-14/h3-6,17H,2,7-9H2,1H3,(H,18,19,20). The second kappa shape index (κ2) is 5.89. The predicted molar refractivity (Wildman–Crippen MR) is 84.2 cm³/mol. The molecule has 1 aliphatic heterocycles. The van der Waals surface area contributed by atoms with Crippen LogP contribution in [0.25, 0.3) is 0 Å². The summed E-state index contributed by atoms with van der Waals surface area (Å²) in [6, 6.07) is 8.47. The number of aromatic nitrogens is 2. The van der Waals surface area contributed by atoms with Gasteiger partial charge in [0.25, 0.3) is 0 Å². The van der Waals surface area contributed by atoms with Gasteiger partial charge in [0.2, 0.25) is 0 Å². The summed E-state index contributed by atoms with van der Waals surface area (Å²) in [5.74, 6) is 0.887. The Morgan fingerprint density at radius 3 is 2.80 bits per heavy atom. The van der Waals surface area contributed by atoms with E-state index < -0.39 is 0 Å². The lowest BCUT2D eigenvalue weighted by Crippen LogP contribution is -2.26. The van der Waals surface area contributed by atoms with Crippen LogP contribution in [-0.2, 0) is 19.4 Å². The first-order valence-corrected chi connectivity index (χ1v) is 7.67. The van der Waals surface area contributed by atoms with Crippen LogP contribution in [0.1, 0.15) is 23.7 Å². The smallest absolute Gasteiger partial charge is 0.198 e. The predicted octanol–water partition coefficient (Wildman–Crippen LogP) is 3.19. The summed E-state index contributed by atoms with van der Waals surface area (Å²) in [5, 5.41) is 6.77. The van der Waals surface area contributed by atoms with E-state index in [4.69, 9.17) is 0 Å². The van der Waals surface area contributed by atoms with E-state index in [1.807, 2.05) is 0 Å². The molecule has 104 valence electrons. The molecule has 1 aromatic heterocycles. The molecule has 0 fully saturated rings. The Balaban J connectivity index is 1.91. The number of benzene rings is 1. The van der Waals surface area contributed by atoms with E-state index in [0.717, 1.165) is 43.1 Å². The molecule has 0 amide bonds. The van der Waals surface area contributed by atoms with Gasteiger partial charge in [-0.2, -0.15) is 0 Å². The van der Waals surface area contributed by atoms with E-state index >= 15 is 0 Å².